The van der Waals surface area contributed by atoms with E-state index in [1.54, 1.807) is 18.3 Å². The monoisotopic (exact) mass is 333 g/mol. The minimum atomic E-state index is -0.298. The van der Waals surface area contributed by atoms with Gasteiger partial charge in [0.2, 0.25) is 5.95 Å². The molecule has 124 valence electrons. The van der Waals surface area contributed by atoms with Gasteiger partial charge in [-0.05, 0) is 42.2 Å². The summed E-state index contributed by atoms with van der Waals surface area (Å²) in [7, 11) is 0. The molecular formula is C20H16FN3O. The number of carbonyl (C=O) groups excluding carboxylic acids is 1. The van der Waals surface area contributed by atoms with Crippen LogP contribution < -0.4 is 5.32 Å². The molecule has 4 rings (SSSR count). The molecule has 1 atom stereocenters. The van der Waals surface area contributed by atoms with Crippen LogP contribution >= 0.6 is 0 Å². The second-order valence-electron chi connectivity index (χ2n) is 6.12. The topological polar surface area (TPSA) is 54.9 Å². The summed E-state index contributed by atoms with van der Waals surface area (Å²) in [6.45, 7) is 0. The van der Waals surface area contributed by atoms with E-state index in [1.807, 2.05) is 30.3 Å². The molecule has 2 aromatic carbocycles. The summed E-state index contributed by atoms with van der Waals surface area (Å²) in [5, 5.41) is 3.05. The summed E-state index contributed by atoms with van der Waals surface area (Å²) in [4.78, 5) is 21.2. The van der Waals surface area contributed by atoms with E-state index in [2.05, 4.69) is 15.3 Å². The number of hydrogen-bond acceptors (Lipinski definition) is 4. The fourth-order valence-corrected chi connectivity index (χ4v) is 3.13. The van der Waals surface area contributed by atoms with Crippen molar-refractivity contribution in [2.24, 2.45) is 0 Å². The highest BCUT2D eigenvalue weighted by molar-refractivity contribution is 5.98. The van der Waals surface area contributed by atoms with E-state index in [0.717, 1.165) is 11.3 Å². The molecule has 1 aliphatic carbocycles. The predicted octanol–water partition coefficient (Wildman–Crippen LogP) is 4.27. The van der Waals surface area contributed by atoms with Crippen LogP contribution in [-0.4, -0.2) is 15.8 Å². The Labute approximate surface area is 144 Å². The Morgan fingerprint density at radius 3 is 2.52 bits per heavy atom. The van der Waals surface area contributed by atoms with Crippen LogP contribution in [0.1, 0.15) is 34.0 Å². The number of carbonyl (C=O) groups is 1. The normalized spacial score (nSPS) is 16.4. The molecule has 0 spiro atoms. The number of aromatic nitrogens is 2. The zero-order chi connectivity index (χ0) is 17.2. The summed E-state index contributed by atoms with van der Waals surface area (Å²) in [6, 6.07) is 16.0. The Morgan fingerprint density at radius 2 is 1.76 bits per heavy atom. The molecule has 1 aromatic heterocycles. The van der Waals surface area contributed by atoms with Gasteiger partial charge in [-0.3, -0.25) is 4.79 Å². The quantitative estimate of drug-likeness (QED) is 0.777. The van der Waals surface area contributed by atoms with Crippen LogP contribution in [0.25, 0.3) is 0 Å². The van der Waals surface area contributed by atoms with Crippen molar-refractivity contribution in [1.82, 2.24) is 9.97 Å². The van der Waals surface area contributed by atoms with Crippen LogP contribution in [0.5, 0.6) is 0 Å². The number of Topliss-reactive ketones (excluding diaryl/α,β-unsaturated/α-hetero) is 1. The van der Waals surface area contributed by atoms with Crippen LogP contribution in [0.4, 0.5) is 16.0 Å². The molecule has 4 nitrogen and oxygen atoms in total. The molecule has 0 saturated carbocycles. The molecule has 3 aromatic rings. The third kappa shape index (κ3) is 3.26. The summed E-state index contributed by atoms with van der Waals surface area (Å²) < 4.78 is 13.0. The predicted molar refractivity (Wildman–Crippen MR) is 93.5 cm³/mol. The van der Waals surface area contributed by atoms with Crippen molar-refractivity contribution in [3.05, 3.63) is 83.4 Å². The first-order valence-electron chi connectivity index (χ1n) is 8.16. The first-order chi connectivity index (χ1) is 12.2. The van der Waals surface area contributed by atoms with Gasteiger partial charge in [0, 0.05) is 18.3 Å². The first kappa shape index (κ1) is 15.4. The van der Waals surface area contributed by atoms with Crippen LogP contribution in [0.15, 0.2) is 60.8 Å². The van der Waals surface area contributed by atoms with E-state index < -0.39 is 0 Å². The fourth-order valence-electron chi connectivity index (χ4n) is 3.13. The van der Waals surface area contributed by atoms with Gasteiger partial charge in [0.25, 0.3) is 0 Å². The van der Waals surface area contributed by atoms with Crippen molar-refractivity contribution in [2.75, 3.05) is 5.32 Å². The van der Waals surface area contributed by atoms with Gasteiger partial charge in [-0.2, -0.15) is 0 Å². The Morgan fingerprint density at radius 1 is 1.00 bits per heavy atom. The Kier molecular flexibility index (Phi) is 3.98. The Bertz CT molecular complexity index is 910. The van der Waals surface area contributed by atoms with Crippen molar-refractivity contribution in [1.29, 1.82) is 0 Å². The Hall–Kier alpha value is -3.08. The number of anilines is 2. The Balaban J connectivity index is 1.61. The fraction of sp³-hybridized carbons (Fsp3) is 0.150. The number of nitrogens with zero attached hydrogens (tertiary/aromatic N) is 2. The summed E-state index contributed by atoms with van der Waals surface area (Å²) in [6.07, 6.45) is 2.76. The highest BCUT2D eigenvalue weighted by Gasteiger charge is 2.27. The molecule has 5 heteroatoms. The highest BCUT2D eigenvalue weighted by atomic mass is 19.1. The number of nitrogens with one attached hydrogen (secondary N) is 1. The van der Waals surface area contributed by atoms with Crippen molar-refractivity contribution in [2.45, 2.75) is 18.8 Å². The lowest BCUT2D eigenvalue weighted by molar-refractivity contribution is 0.0962. The van der Waals surface area contributed by atoms with Crippen molar-refractivity contribution >= 4 is 17.4 Å². The van der Waals surface area contributed by atoms with E-state index in [1.165, 1.54) is 12.1 Å². The molecule has 1 heterocycles. The molecule has 0 fully saturated rings. The standard InChI is InChI=1S/C20H16FN3O/c21-15-6-8-16(9-7-15)23-20-22-12-17-18(24-20)10-14(11-19(17)25)13-4-2-1-3-5-13/h1-9,12,14H,10-11H2,(H,22,23,24). The largest absolute Gasteiger partial charge is 0.324 e. The zero-order valence-electron chi connectivity index (χ0n) is 13.4. The average Bonchev–Trinajstić information content (AvgIpc) is 2.64. The number of hydrogen-bond donors (Lipinski definition) is 1. The molecule has 0 radical (unpaired) electrons. The van der Waals surface area contributed by atoms with Gasteiger partial charge in [0.15, 0.2) is 5.78 Å². The van der Waals surface area contributed by atoms with Gasteiger partial charge in [0.1, 0.15) is 5.82 Å². The molecular weight excluding hydrogens is 317 g/mol. The summed E-state index contributed by atoms with van der Waals surface area (Å²) in [5.41, 5.74) is 3.19. The van der Waals surface area contributed by atoms with E-state index in [0.29, 0.717) is 30.0 Å². The van der Waals surface area contributed by atoms with Gasteiger partial charge in [-0.1, -0.05) is 30.3 Å². The minimum absolute atomic E-state index is 0.0726. The van der Waals surface area contributed by atoms with Gasteiger partial charge in [-0.25, -0.2) is 14.4 Å². The highest BCUT2D eigenvalue weighted by Crippen LogP contribution is 2.32. The number of ketones is 1. The van der Waals surface area contributed by atoms with Crippen LogP contribution in [0.3, 0.4) is 0 Å². The van der Waals surface area contributed by atoms with E-state index >= 15 is 0 Å². The maximum atomic E-state index is 13.0. The number of benzene rings is 2. The molecule has 0 aliphatic heterocycles. The van der Waals surface area contributed by atoms with Gasteiger partial charge in [-0.15, -0.1) is 0 Å². The van der Waals surface area contributed by atoms with E-state index in [4.69, 9.17) is 0 Å². The van der Waals surface area contributed by atoms with Crippen LogP contribution in [0, 0.1) is 5.82 Å². The number of halogens is 1. The minimum Gasteiger partial charge on any atom is -0.324 e. The lowest BCUT2D eigenvalue weighted by Crippen LogP contribution is -2.21. The smallest absolute Gasteiger partial charge is 0.227 e. The third-order valence-corrected chi connectivity index (χ3v) is 4.41. The van der Waals surface area contributed by atoms with Crippen LogP contribution in [0.2, 0.25) is 0 Å². The lowest BCUT2D eigenvalue weighted by Gasteiger charge is -2.23. The maximum Gasteiger partial charge on any atom is 0.227 e. The molecule has 0 bridgehead atoms. The second kappa shape index (κ2) is 6.43. The SMILES string of the molecule is O=C1CC(c2ccccc2)Cc2nc(Nc3ccc(F)cc3)ncc21. The summed E-state index contributed by atoms with van der Waals surface area (Å²) in [5.74, 6) is 0.318. The maximum absolute atomic E-state index is 13.0. The first-order valence-corrected chi connectivity index (χ1v) is 8.16. The van der Waals surface area contributed by atoms with Gasteiger partial charge >= 0.3 is 0 Å². The van der Waals surface area contributed by atoms with Gasteiger partial charge < -0.3 is 5.32 Å². The molecule has 1 N–H and O–H groups in total. The third-order valence-electron chi connectivity index (χ3n) is 4.41. The molecule has 0 saturated heterocycles. The summed E-state index contributed by atoms with van der Waals surface area (Å²) >= 11 is 0. The second-order valence-corrected chi connectivity index (χ2v) is 6.12. The average molecular weight is 333 g/mol. The lowest BCUT2D eigenvalue weighted by atomic mass is 9.82. The van der Waals surface area contributed by atoms with Crippen molar-refractivity contribution in [3.8, 4) is 0 Å². The van der Waals surface area contributed by atoms with Crippen LogP contribution in [-0.2, 0) is 6.42 Å². The molecule has 1 unspecified atom stereocenters. The molecule has 1 aliphatic rings. The number of fused-ring (bicyclic) bond motifs is 1. The molecule has 0 amide bonds. The van der Waals surface area contributed by atoms with E-state index in [-0.39, 0.29) is 17.5 Å². The van der Waals surface area contributed by atoms with Crippen molar-refractivity contribution < 1.29 is 9.18 Å². The van der Waals surface area contributed by atoms with E-state index in [9.17, 15) is 9.18 Å². The van der Waals surface area contributed by atoms with Gasteiger partial charge in [0.05, 0.1) is 11.3 Å². The van der Waals surface area contributed by atoms with Crippen molar-refractivity contribution in [3.63, 3.8) is 0 Å². The number of rotatable bonds is 3. The zero-order valence-corrected chi connectivity index (χ0v) is 13.4. The molecule has 25 heavy (non-hydrogen) atoms.